The molecule has 1 N–H and O–H groups in total. The molecule has 1 fully saturated rings. The van der Waals surface area contributed by atoms with Crippen LogP contribution in [0.1, 0.15) is 42.0 Å². The highest BCUT2D eigenvalue weighted by molar-refractivity contribution is 5.47. The third-order valence-electron chi connectivity index (χ3n) is 4.82. The number of fused-ring (bicyclic) bond motifs is 3. The van der Waals surface area contributed by atoms with Gasteiger partial charge in [0, 0.05) is 23.6 Å². The normalized spacial score (nSPS) is 23.5. The lowest BCUT2D eigenvalue weighted by atomic mass is 9.75. The van der Waals surface area contributed by atoms with E-state index in [2.05, 4.69) is 33.7 Å². The van der Waals surface area contributed by atoms with Gasteiger partial charge in [0.05, 0.1) is 5.69 Å². The number of piperidine rings is 1. The van der Waals surface area contributed by atoms with Crippen LogP contribution >= 0.6 is 0 Å². The molecule has 4 nitrogen and oxygen atoms in total. The van der Waals surface area contributed by atoms with Crippen molar-refractivity contribution in [3.63, 3.8) is 0 Å². The highest BCUT2D eigenvalue weighted by Gasteiger charge is 2.33. The third-order valence-corrected chi connectivity index (χ3v) is 4.82. The maximum absolute atomic E-state index is 6.08. The molecule has 1 aromatic carbocycles. The highest BCUT2D eigenvalue weighted by Crippen LogP contribution is 2.42. The zero-order valence-electron chi connectivity index (χ0n) is 12.9. The van der Waals surface area contributed by atoms with Gasteiger partial charge >= 0.3 is 0 Å². The van der Waals surface area contributed by atoms with E-state index in [0.29, 0.717) is 17.8 Å². The molecule has 2 aromatic rings. The minimum absolute atomic E-state index is 0.562. The lowest BCUT2D eigenvalue weighted by Gasteiger charge is -2.38. The van der Waals surface area contributed by atoms with Crippen molar-refractivity contribution < 1.29 is 4.74 Å². The first-order valence-corrected chi connectivity index (χ1v) is 8.14. The van der Waals surface area contributed by atoms with Crippen LogP contribution in [0.5, 0.6) is 11.6 Å². The molecule has 2 atom stereocenters. The average Bonchev–Trinajstić information content (AvgIpc) is 2.57. The van der Waals surface area contributed by atoms with Crippen LogP contribution in [0, 0.1) is 6.92 Å². The van der Waals surface area contributed by atoms with Gasteiger partial charge in [-0.3, -0.25) is 0 Å². The summed E-state index contributed by atoms with van der Waals surface area (Å²) in [5.74, 6) is 2.09. The number of hydrogen-bond acceptors (Lipinski definition) is 4. The van der Waals surface area contributed by atoms with E-state index in [1.54, 1.807) is 0 Å². The number of rotatable bonds is 2. The second-order valence-corrected chi connectivity index (χ2v) is 6.29. The quantitative estimate of drug-likeness (QED) is 0.923. The first-order chi connectivity index (χ1) is 10.8. The van der Waals surface area contributed by atoms with Crippen molar-refractivity contribution in [1.82, 2.24) is 15.5 Å². The van der Waals surface area contributed by atoms with E-state index < -0.39 is 0 Å². The van der Waals surface area contributed by atoms with Crippen molar-refractivity contribution in [3.8, 4) is 11.6 Å². The summed E-state index contributed by atoms with van der Waals surface area (Å²) in [6.45, 7) is 3.07. The number of nitrogens with one attached hydrogen (secondary N) is 1. The van der Waals surface area contributed by atoms with E-state index in [9.17, 15) is 0 Å². The van der Waals surface area contributed by atoms with Crippen molar-refractivity contribution in [3.05, 3.63) is 47.2 Å². The topological polar surface area (TPSA) is 47.0 Å². The summed E-state index contributed by atoms with van der Waals surface area (Å²) < 4.78 is 6.08. The number of aromatic nitrogens is 2. The average molecular weight is 295 g/mol. The van der Waals surface area contributed by atoms with Gasteiger partial charge in [0.1, 0.15) is 5.75 Å². The third kappa shape index (κ3) is 2.48. The van der Waals surface area contributed by atoms with Gasteiger partial charge in [-0.1, -0.05) is 12.1 Å². The molecular formula is C18H21N3O. The van der Waals surface area contributed by atoms with Gasteiger partial charge in [-0.05, 0) is 56.8 Å². The summed E-state index contributed by atoms with van der Waals surface area (Å²) >= 11 is 0. The second kappa shape index (κ2) is 5.69. The fourth-order valence-corrected chi connectivity index (χ4v) is 3.78. The van der Waals surface area contributed by atoms with E-state index in [1.165, 1.54) is 30.4 Å². The summed E-state index contributed by atoms with van der Waals surface area (Å²) in [5.41, 5.74) is 3.72. The molecule has 0 saturated carbocycles. The molecule has 1 saturated heterocycles. The Morgan fingerprint density at radius 3 is 2.95 bits per heavy atom. The van der Waals surface area contributed by atoms with Gasteiger partial charge in [0.15, 0.2) is 0 Å². The van der Waals surface area contributed by atoms with Crippen LogP contribution < -0.4 is 10.1 Å². The second-order valence-electron chi connectivity index (χ2n) is 6.29. The van der Waals surface area contributed by atoms with Crippen molar-refractivity contribution in [2.24, 2.45) is 0 Å². The highest BCUT2D eigenvalue weighted by atomic mass is 16.5. The minimum atomic E-state index is 0.562. The van der Waals surface area contributed by atoms with Gasteiger partial charge in [-0.25, -0.2) is 0 Å². The number of ether oxygens (including phenoxy) is 1. The van der Waals surface area contributed by atoms with E-state index >= 15 is 0 Å². The first-order valence-electron chi connectivity index (χ1n) is 8.14. The zero-order chi connectivity index (χ0) is 14.9. The van der Waals surface area contributed by atoms with Crippen LogP contribution in [0.25, 0.3) is 0 Å². The van der Waals surface area contributed by atoms with Crippen LogP contribution in [-0.4, -0.2) is 22.8 Å². The summed E-state index contributed by atoms with van der Waals surface area (Å²) in [6.07, 6.45) is 4.83. The SMILES string of the molecule is Cc1ccc(Oc2cccc3c2[C@H]2CCCN[C@H]2CC3)nn1. The van der Waals surface area contributed by atoms with Gasteiger partial charge in [0.25, 0.3) is 0 Å². The van der Waals surface area contributed by atoms with Crippen molar-refractivity contribution in [2.75, 3.05) is 6.54 Å². The molecule has 4 heteroatoms. The Morgan fingerprint density at radius 1 is 1.14 bits per heavy atom. The van der Waals surface area contributed by atoms with E-state index in [4.69, 9.17) is 4.74 Å². The molecular weight excluding hydrogens is 274 g/mol. The fourth-order valence-electron chi connectivity index (χ4n) is 3.78. The van der Waals surface area contributed by atoms with Crippen molar-refractivity contribution in [1.29, 1.82) is 0 Å². The number of hydrogen-bond donors (Lipinski definition) is 1. The Labute approximate surface area is 130 Å². The van der Waals surface area contributed by atoms with Crippen LogP contribution in [0.15, 0.2) is 30.3 Å². The Bertz CT molecular complexity index is 669. The van der Waals surface area contributed by atoms with Gasteiger partial charge in [-0.2, -0.15) is 5.10 Å². The smallest absolute Gasteiger partial charge is 0.238 e. The van der Waals surface area contributed by atoms with Crippen molar-refractivity contribution in [2.45, 2.75) is 44.6 Å². The standard InChI is InChI=1S/C18H21N3O/c1-12-7-10-17(21-20-12)22-16-6-2-4-13-8-9-15-14(18(13)16)5-3-11-19-15/h2,4,6-7,10,14-15,19H,3,5,8-9,11H2,1H3/t14-,15-/m0/s1. The summed E-state index contributed by atoms with van der Waals surface area (Å²) in [4.78, 5) is 0. The molecule has 2 heterocycles. The first kappa shape index (κ1) is 13.7. The lowest BCUT2D eigenvalue weighted by molar-refractivity contribution is 0.311. The van der Waals surface area contributed by atoms with Crippen LogP contribution in [0.4, 0.5) is 0 Å². The summed E-state index contributed by atoms with van der Waals surface area (Å²) in [5, 5.41) is 11.9. The van der Waals surface area contributed by atoms with Gasteiger partial charge in [-0.15, -0.1) is 5.10 Å². The Kier molecular flexibility index (Phi) is 3.54. The molecule has 2 aliphatic rings. The van der Waals surface area contributed by atoms with Crippen molar-refractivity contribution >= 4 is 0 Å². The van der Waals surface area contributed by atoms with Crippen LogP contribution in [0.2, 0.25) is 0 Å². The summed E-state index contributed by atoms with van der Waals surface area (Å²) in [6, 6.07) is 10.8. The zero-order valence-corrected chi connectivity index (χ0v) is 12.9. The largest absolute Gasteiger partial charge is 0.437 e. The molecule has 0 unspecified atom stereocenters. The van der Waals surface area contributed by atoms with E-state index in [0.717, 1.165) is 24.4 Å². The molecule has 22 heavy (non-hydrogen) atoms. The Balaban J connectivity index is 1.70. The van der Waals surface area contributed by atoms with E-state index in [-0.39, 0.29) is 0 Å². The maximum atomic E-state index is 6.08. The Morgan fingerprint density at radius 2 is 2.09 bits per heavy atom. The molecule has 114 valence electrons. The lowest BCUT2D eigenvalue weighted by Crippen LogP contribution is -2.42. The molecule has 1 aliphatic carbocycles. The molecule has 0 bridgehead atoms. The van der Waals surface area contributed by atoms with Gasteiger partial charge in [0.2, 0.25) is 5.88 Å². The molecule has 1 aliphatic heterocycles. The summed E-state index contributed by atoms with van der Waals surface area (Å²) in [7, 11) is 0. The van der Waals surface area contributed by atoms with Crippen LogP contribution in [0.3, 0.4) is 0 Å². The monoisotopic (exact) mass is 295 g/mol. The predicted molar refractivity (Wildman–Crippen MR) is 85.4 cm³/mol. The molecule has 1 aromatic heterocycles. The predicted octanol–water partition coefficient (Wildman–Crippen LogP) is 3.36. The van der Waals surface area contributed by atoms with E-state index in [1.807, 2.05) is 19.1 Å². The maximum Gasteiger partial charge on any atom is 0.238 e. The molecule has 4 rings (SSSR count). The number of benzene rings is 1. The minimum Gasteiger partial charge on any atom is -0.437 e. The van der Waals surface area contributed by atoms with Gasteiger partial charge < -0.3 is 10.1 Å². The van der Waals surface area contributed by atoms with Crippen LogP contribution in [-0.2, 0) is 6.42 Å². The number of aryl methyl sites for hydroxylation is 2. The molecule has 0 spiro atoms. The Hall–Kier alpha value is -1.94. The fraction of sp³-hybridized carbons (Fsp3) is 0.444. The number of nitrogens with zero attached hydrogens (tertiary/aromatic N) is 2. The molecule has 0 amide bonds. The molecule has 0 radical (unpaired) electrons.